The standard InChI is InChI=1S/C17H18N2OS/c1-11-7-8-13(9-12(11)2)19-16(20)10-21-17(19)14-5-3-4-6-15(14)18/h3-9,17H,10,18H2,1-2H3/t17-/m0/s1. The Morgan fingerprint density at radius 1 is 1.14 bits per heavy atom. The van der Waals surface area contributed by atoms with E-state index in [9.17, 15) is 4.79 Å². The maximum atomic E-state index is 12.3. The molecule has 1 aliphatic rings. The molecule has 0 radical (unpaired) electrons. The minimum Gasteiger partial charge on any atom is -0.398 e. The van der Waals surface area contributed by atoms with Crippen LogP contribution < -0.4 is 10.6 Å². The average molecular weight is 298 g/mol. The molecule has 2 N–H and O–H groups in total. The molecule has 4 heteroatoms. The number of nitrogen functional groups attached to an aromatic ring is 1. The third-order valence-electron chi connectivity index (χ3n) is 3.90. The summed E-state index contributed by atoms with van der Waals surface area (Å²) in [6.07, 6.45) is 0. The highest BCUT2D eigenvalue weighted by Crippen LogP contribution is 2.43. The van der Waals surface area contributed by atoms with Crippen molar-refractivity contribution >= 4 is 29.0 Å². The molecule has 108 valence electrons. The van der Waals surface area contributed by atoms with Gasteiger partial charge in [0.05, 0.1) is 5.75 Å². The third-order valence-corrected chi connectivity index (χ3v) is 5.09. The fourth-order valence-corrected chi connectivity index (χ4v) is 3.77. The number of benzene rings is 2. The first kappa shape index (κ1) is 14.0. The molecule has 21 heavy (non-hydrogen) atoms. The van der Waals surface area contributed by atoms with Crippen LogP contribution >= 0.6 is 11.8 Å². The fourth-order valence-electron chi connectivity index (χ4n) is 2.54. The summed E-state index contributed by atoms with van der Waals surface area (Å²) in [5.41, 5.74) is 11.2. The van der Waals surface area contributed by atoms with E-state index in [1.54, 1.807) is 11.8 Å². The average Bonchev–Trinajstić information content (AvgIpc) is 2.84. The van der Waals surface area contributed by atoms with Crippen LogP contribution in [0.2, 0.25) is 0 Å². The summed E-state index contributed by atoms with van der Waals surface area (Å²) in [6, 6.07) is 13.9. The van der Waals surface area contributed by atoms with Gasteiger partial charge in [0.25, 0.3) is 0 Å². The monoisotopic (exact) mass is 298 g/mol. The van der Waals surface area contributed by atoms with Crippen LogP contribution in [0.5, 0.6) is 0 Å². The zero-order valence-electron chi connectivity index (χ0n) is 12.2. The Kier molecular flexibility index (Phi) is 3.64. The third kappa shape index (κ3) is 2.51. The maximum absolute atomic E-state index is 12.3. The molecular formula is C17H18N2OS. The van der Waals surface area contributed by atoms with Crippen LogP contribution in [-0.4, -0.2) is 11.7 Å². The topological polar surface area (TPSA) is 46.3 Å². The van der Waals surface area contributed by atoms with Gasteiger partial charge >= 0.3 is 0 Å². The Morgan fingerprint density at radius 3 is 2.62 bits per heavy atom. The summed E-state index contributed by atoms with van der Waals surface area (Å²) in [6.45, 7) is 4.14. The molecule has 3 rings (SSSR count). The lowest BCUT2D eigenvalue weighted by Crippen LogP contribution is -2.28. The second kappa shape index (κ2) is 5.45. The quantitative estimate of drug-likeness (QED) is 0.861. The van der Waals surface area contributed by atoms with E-state index < -0.39 is 0 Å². The van der Waals surface area contributed by atoms with Crippen LogP contribution in [0.4, 0.5) is 11.4 Å². The largest absolute Gasteiger partial charge is 0.398 e. The summed E-state index contributed by atoms with van der Waals surface area (Å²) < 4.78 is 0. The zero-order chi connectivity index (χ0) is 15.0. The van der Waals surface area contributed by atoms with E-state index >= 15 is 0 Å². The van der Waals surface area contributed by atoms with Crippen molar-refractivity contribution < 1.29 is 4.79 Å². The Morgan fingerprint density at radius 2 is 1.90 bits per heavy atom. The zero-order valence-corrected chi connectivity index (χ0v) is 13.0. The molecule has 1 heterocycles. The molecule has 1 amide bonds. The molecule has 0 saturated carbocycles. The van der Waals surface area contributed by atoms with E-state index in [1.807, 2.05) is 35.2 Å². The molecule has 2 aromatic rings. The van der Waals surface area contributed by atoms with Gasteiger partial charge in [0.1, 0.15) is 5.37 Å². The molecular weight excluding hydrogens is 280 g/mol. The number of thioether (sulfide) groups is 1. The van der Waals surface area contributed by atoms with E-state index in [4.69, 9.17) is 5.73 Å². The predicted molar refractivity (Wildman–Crippen MR) is 89.5 cm³/mol. The van der Waals surface area contributed by atoms with Gasteiger partial charge in [0, 0.05) is 16.9 Å². The highest BCUT2D eigenvalue weighted by molar-refractivity contribution is 8.00. The lowest BCUT2D eigenvalue weighted by atomic mass is 10.1. The van der Waals surface area contributed by atoms with Gasteiger partial charge in [-0.3, -0.25) is 9.69 Å². The number of nitrogens with two attached hydrogens (primary N) is 1. The summed E-state index contributed by atoms with van der Waals surface area (Å²) in [4.78, 5) is 14.2. The molecule has 0 aromatic heterocycles. The molecule has 2 aromatic carbocycles. The van der Waals surface area contributed by atoms with Gasteiger partial charge in [-0.2, -0.15) is 0 Å². The number of carbonyl (C=O) groups excluding carboxylic acids is 1. The lowest BCUT2D eigenvalue weighted by Gasteiger charge is -2.26. The van der Waals surface area contributed by atoms with Gasteiger partial charge in [0.2, 0.25) is 5.91 Å². The van der Waals surface area contributed by atoms with Crippen molar-refractivity contribution in [1.82, 2.24) is 0 Å². The number of hydrogen-bond donors (Lipinski definition) is 1. The Labute approximate surface area is 129 Å². The number of anilines is 2. The van der Waals surface area contributed by atoms with Crippen molar-refractivity contribution in [3.63, 3.8) is 0 Å². The summed E-state index contributed by atoms with van der Waals surface area (Å²) in [7, 11) is 0. The van der Waals surface area contributed by atoms with Gasteiger partial charge in [-0.25, -0.2) is 0 Å². The summed E-state index contributed by atoms with van der Waals surface area (Å²) in [5, 5.41) is -0.0409. The van der Waals surface area contributed by atoms with Gasteiger partial charge in [-0.05, 0) is 43.2 Å². The number of aryl methyl sites for hydroxylation is 2. The van der Waals surface area contributed by atoms with E-state index in [0.29, 0.717) is 5.75 Å². The van der Waals surface area contributed by atoms with Crippen LogP contribution in [0.15, 0.2) is 42.5 Å². The number of para-hydroxylation sites is 1. The van der Waals surface area contributed by atoms with Crippen LogP contribution in [0, 0.1) is 13.8 Å². The molecule has 0 bridgehead atoms. The second-order valence-corrected chi connectivity index (χ2v) is 6.39. The highest BCUT2D eigenvalue weighted by atomic mass is 32.2. The number of carbonyl (C=O) groups is 1. The molecule has 0 unspecified atom stereocenters. The van der Waals surface area contributed by atoms with Crippen molar-refractivity contribution in [3.8, 4) is 0 Å². The smallest absolute Gasteiger partial charge is 0.238 e. The normalized spacial score (nSPS) is 18.3. The minimum atomic E-state index is -0.0409. The van der Waals surface area contributed by atoms with Gasteiger partial charge < -0.3 is 5.73 Å². The molecule has 1 saturated heterocycles. The Balaban J connectivity index is 2.04. The number of nitrogens with zero attached hydrogens (tertiary/aromatic N) is 1. The first-order valence-corrected chi connectivity index (χ1v) is 7.98. The predicted octanol–water partition coefficient (Wildman–Crippen LogP) is 3.66. The molecule has 1 fully saturated rings. The molecule has 0 aliphatic carbocycles. The van der Waals surface area contributed by atoms with Crippen molar-refractivity contribution in [2.24, 2.45) is 0 Å². The van der Waals surface area contributed by atoms with E-state index in [0.717, 1.165) is 16.9 Å². The summed E-state index contributed by atoms with van der Waals surface area (Å²) in [5.74, 6) is 0.628. The SMILES string of the molecule is Cc1ccc(N2C(=O)CS[C@H]2c2ccccc2N)cc1C. The second-order valence-electron chi connectivity index (χ2n) is 5.32. The maximum Gasteiger partial charge on any atom is 0.238 e. The van der Waals surface area contributed by atoms with Crippen LogP contribution in [-0.2, 0) is 4.79 Å². The Bertz CT molecular complexity index is 699. The number of hydrogen-bond acceptors (Lipinski definition) is 3. The van der Waals surface area contributed by atoms with E-state index in [-0.39, 0.29) is 11.3 Å². The lowest BCUT2D eigenvalue weighted by molar-refractivity contribution is -0.115. The van der Waals surface area contributed by atoms with E-state index in [2.05, 4.69) is 26.0 Å². The van der Waals surface area contributed by atoms with Gasteiger partial charge in [0.15, 0.2) is 0 Å². The summed E-state index contributed by atoms with van der Waals surface area (Å²) >= 11 is 1.63. The van der Waals surface area contributed by atoms with Crippen LogP contribution in [0.25, 0.3) is 0 Å². The molecule has 1 aliphatic heterocycles. The Hall–Kier alpha value is -1.94. The minimum absolute atomic E-state index is 0.0409. The van der Waals surface area contributed by atoms with Gasteiger partial charge in [-0.15, -0.1) is 11.8 Å². The number of rotatable bonds is 2. The van der Waals surface area contributed by atoms with Crippen molar-refractivity contribution in [2.45, 2.75) is 19.2 Å². The first-order chi connectivity index (χ1) is 10.1. The highest BCUT2D eigenvalue weighted by Gasteiger charge is 2.34. The fraction of sp³-hybridized carbons (Fsp3) is 0.235. The van der Waals surface area contributed by atoms with Crippen LogP contribution in [0.3, 0.4) is 0 Å². The van der Waals surface area contributed by atoms with Crippen LogP contribution in [0.1, 0.15) is 22.1 Å². The first-order valence-electron chi connectivity index (χ1n) is 6.93. The molecule has 0 spiro atoms. The van der Waals surface area contributed by atoms with Gasteiger partial charge in [-0.1, -0.05) is 24.3 Å². The molecule has 3 nitrogen and oxygen atoms in total. The number of amides is 1. The van der Waals surface area contributed by atoms with E-state index in [1.165, 1.54) is 11.1 Å². The van der Waals surface area contributed by atoms with Crippen molar-refractivity contribution in [3.05, 3.63) is 59.2 Å². The molecule has 1 atom stereocenters. The van der Waals surface area contributed by atoms with Crippen molar-refractivity contribution in [2.75, 3.05) is 16.4 Å². The van der Waals surface area contributed by atoms with Crippen molar-refractivity contribution in [1.29, 1.82) is 0 Å².